The van der Waals surface area contributed by atoms with E-state index in [0.29, 0.717) is 11.3 Å². The van der Waals surface area contributed by atoms with Gasteiger partial charge in [-0.15, -0.1) is 0 Å². The number of nitrogens with one attached hydrogen (secondary N) is 2. The fourth-order valence-corrected chi connectivity index (χ4v) is 3.29. The van der Waals surface area contributed by atoms with Gasteiger partial charge in [0.1, 0.15) is 0 Å². The molecule has 0 radical (unpaired) electrons. The van der Waals surface area contributed by atoms with E-state index in [9.17, 15) is 13.2 Å². The molecular formula is C13H19N3O3S. The first-order chi connectivity index (χ1) is 9.29. The number of rotatable bonds is 5. The number of carbonyl (C=O) groups is 1. The Morgan fingerprint density at radius 2 is 2.05 bits per heavy atom. The van der Waals surface area contributed by atoms with E-state index in [2.05, 4.69) is 10.0 Å². The molecule has 1 saturated carbocycles. The van der Waals surface area contributed by atoms with Crippen LogP contribution >= 0.6 is 0 Å². The maximum Gasteiger partial charge on any atom is 0.241 e. The summed E-state index contributed by atoms with van der Waals surface area (Å²) in [5.74, 6) is -0.308. The van der Waals surface area contributed by atoms with E-state index in [0.717, 1.165) is 12.8 Å². The number of aryl methyl sites for hydroxylation is 1. The summed E-state index contributed by atoms with van der Waals surface area (Å²) in [6.07, 6.45) is 1.92. The molecule has 1 aromatic carbocycles. The Labute approximate surface area is 118 Å². The average molecular weight is 297 g/mol. The standard InChI is InChI=1S/C13H19N3O3S/c1-8-3-4-10(14)7-12(8)20(18,19)16-9(2)13(17)15-11-5-6-11/h3-4,7,9,11,16H,5-6,14H2,1-2H3,(H,15,17). The highest BCUT2D eigenvalue weighted by atomic mass is 32.2. The lowest BCUT2D eigenvalue weighted by molar-refractivity contribution is -0.122. The van der Waals surface area contributed by atoms with Crippen LogP contribution in [0.5, 0.6) is 0 Å². The number of carbonyl (C=O) groups excluding carboxylic acids is 1. The van der Waals surface area contributed by atoms with E-state index in [1.165, 1.54) is 13.0 Å². The van der Waals surface area contributed by atoms with Crippen molar-refractivity contribution in [3.05, 3.63) is 23.8 Å². The highest BCUT2D eigenvalue weighted by Crippen LogP contribution is 2.20. The van der Waals surface area contributed by atoms with Crippen molar-refractivity contribution in [2.24, 2.45) is 0 Å². The van der Waals surface area contributed by atoms with Crippen LogP contribution < -0.4 is 15.8 Å². The summed E-state index contributed by atoms with van der Waals surface area (Å²) in [6, 6.07) is 4.05. The Morgan fingerprint density at radius 3 is 2.65 bits per heavy atom. The number of anilines is 1. The molecule has 1 unspecified atom stereocenters. The zero-order valence-corrected chi connectivity index (χ0v) is 12.3. The number of nitrogen functional groups attached to an aromatic ring is 1. The fraction of sp³-hybridized carbons (Fsp3) is 0.462. The van der Waals surface area contributed by atoms with Gasteiger partial charge in [0.25, 0.3) is 0 Å². The highest BCUT2D eigenvalue weighted by molar-refractivity contribution is 7.89. The average Bonchev–Trinajstić information content (AvgIpc) is 3.15. The predicted molar refractivity (Wildman–Crippen MR) is 76.5 cm³/mol. The topological polar surface area (TPSA) is 101 Å². The molecule has 0 aliphatic heterocycles. The van der Waals surface area contributed by atoms with Gasteiger partial charge in [0.05, 0.1) is 10.9 Å². The second-order valence-corrected chi connectivity index (χ2v) is 6.83. The second-order valence-electron chi connectivity index (χ2n) is 5.15. The molecule has 0 aromatic heterocycles. The molecule has 1 aliphatic carbocycles. The monoisotopic (exact) mass is 297 g/mol. The third-order valence-corrected chi connectivity index (χ3v) is 4.83. The molecule has 0 spiro atoms. The molecule has 1 amide bonds. The minimum absolute atomic E-state index is 0.101. The van der Waals surface area contributed by atoms with Crippen molar-refractivity contribution in [2.75, 3.05) is 5.73 Å². The number of benzene rings is 1. The Hall–Kier alpha value is -1.60. The lowest BCUT2D eigenvalue weighted by Gasteiger charge is -2.15. The summed E-state index contributed by atoms with van der Waals surface area (Å²) in [5.41, 5.74) is 6.57. The third-order valence-electron chi connectivity index (χ3n) is 3.15. The molecule has 20 heavy (non-hydrogen) atoms. The second kappa shape index (κ2) is 5.41. The SMILES string of the molecule is Cc1ccc(N)cc1S(=O)(=O)NC(C)C(=O)NC1CC1. The molecule has 1 aromatic rings. The van der Waals surface area contributed by atoms with Crippen molar-refractivity contribution in [3.63, 3.8) is 0 Å². The Morgan fingerprint density at radius 1 is 1.40 bits per heavy atom. The summed E-state index contributed by atoms with van der Waals surface area (Å²) < 4.78 is 26.9. The van der Waals surface area contributed by atoms with Crippen LogP contribution in [-0.2, 0) is 14.8 Å². The third kappa shape index (κ3) is 3.49. The van der Waals surface area contributed by atoms with Crippen LogP contribution in [0.15, 0.2) is 23.1 Å². The molecule has 1 fully saturated rings. The van der Waals surface area contributed by atoms with E-state index in [1.54, 1.807) is 19.1 Å². The lowest BCUT2D eigenvalue weighted by atomic mass is 10.2. The number of amides is 1. The van der Waals surface area contributed by atoms with Crippen molar-refractivity contribution in [2.45, 2.75) is 43.7 Å². The lowest BCUT2D eigenvalue weighted by Crippen LogP contribution is -2.45. The Bertz CT molecular complexity index is 624. The van der Waals surface area contributed by atoms with Gasteiger partial charge in [0.15, 0.2) is 0 Å². The molecule has 4 N–H and O–H groups in total. The smallest absolute Gasteiger partial charge is 0.241 e. The Balaban J connectivity index is 2.13. The van der Waals surface area contributed by atoms with Gasteiger partial charge in [-0.3, -0.25) is 4.79 Å². The maximum absolute atomic E-state index is 12.3. The molecule has 1 atom stereocenters. The molecule has 6 nitrogen and oxygen atoms in total. The van der Waals surface area contributed by atoms with Crippen LogP contribution in [-0.4, -0.2) is 26.4 Å². The largest absolute Gasteiger partial charge is 0.399 e. The number of nitrogens with two attached hydrogens (primary N) is 1. The zero-order chi connectivity index (χ0) is 14.9. The van der Waals surface area contributed by atoms with Gasteiger partial charge in [-0.05, 0) is 44.4 Å². The van der Waals surface area contributed by atoms with Gasteiger partial charge in [0, 0.05) is 11.7 Å². The summed E-state index contributed by atoms with van der Waals surface area (Å²) in [4.78, 5) is 11.9. The predicted octanol–water partition coefficient (Wildman–Crippen LogP) is 0.523. The summed E-state index contributed by atoms with van der Waals surface area (Å²) in [5, 5.41) is 2.76. The van der Waals surface area contributed by atoms with Crippen LogP contribution in [0, 0.1) is 6.92 Å². The molecule has 110 valence electrons. The minimum atomic E-state index is -3.76. The van der Waals surface area contributed by atoms with Gasteiger partial charge < -0.3 is 11.1 Å². The maximum atomic E-state index is 12.3. The van der Waals surface area contributed by atoms with Gasteiger partial charge in [-0.1, -0.05) is 6.07 Å². The normalized spacial score (nSPS) is 16.7. The van der Waals surface area contributed by atoms with Crippen LogP contribution in [0.2, 0.25) is 0 Å². The van der Waals surface area contributed by atoms with Crippen LogP contribution in [0.25, 0.3) is 0 Å². The summed E-state index contributed by atoms with van der Waals surface area (Å²) >= 11 is 0. The van der Waals surface area contributed by atoms with E-state index < -0.39 is 16.1 Å². The quantitative estimate of drug-likeness (QED) is 0.690. The van der Waals surface area contributed by atoms with Gasteiger partial charge in [0.2, 0.25) is 15.9 Å². The molecular weight excluding hydrogens is 278 g/mol. The van der Waals surface area contributed by atoms with Gasteiger partial charge in [-0.25, -0.2) is 8.42 Å². The van der Waals surface area contributed by atoms with Crippen molar-refractivity contribution < 1.29 is 13.2 Å². The number of hydrogen-bond acceptors (Lipinski definition) is 4. The van der Waals surface area contributed by atoms with E-state index in [-0.39, 0.29) is 16.8 Å². The number of hydrogen-bond donors (Lipinski definition) is 3. The first kappa shape index (κ1) is 14.8. The van der Waals surface area contributed by atoms with Crippen LogP contribution in [0.4, 0.5) is 5.69 Å². The molecule has 7 heteroatoms. The molecule has 0 heterocycles. The van der Waals surface area contributed by atoms with Gasteiger partial charge >= 0.3 is 0 Å². The Kier molecular flexibility index (Phi) is 4.01. The van der Waals surface area contributed by atoms with Crippen molar-refractivity contribution >= 4 is 21.6 Å². The van der Waals surface area contributed by atoms with E-state index >= 15 is 0 Å². The molecule has 0 saturated heterocycles. The van der Waals surface area contributed by atoms with Crippen molar-refractivity contribution in [1.82, 2.24) is 10.0 Å². The zero-order valence-electron chi connectivity index (χ0n) is 11.5. The molecule has 1 aliphatic rings. The summed E-state index contributed by atoms with van der Waals surface area (Å²) in [7, 11) is -3.76. The van der Waals surface area contributed by atoms with E-state index in [1.807, 2.05) is 0 Å². The van der Waals surface area contributed by atoms with Crippen molar-refractivity contribution in [1.29, 1.82) is 0 Å². The number of sulfonamides is 1. The van der Waals surface area contributed by atoms with Gasteiger partial charge in [-0.2, -0.15) is 4.72 Å². The van der Waals surface area contributed by atoms with E-state index in [4.69, 9.17) is 5.73 Å². The van der Waals surface area contributed by atoms with Crippen molar-refractivity contribution in [3.8, 4) is 0 Å². The first-order valence-electron chi connectivity index (χ1n) is 6.48. The highest BCUT2D eigenvalue weighted by Gasteiger charge is 2.28. The molecule has 2 rings (SSSR count). The minimum Gasteiger partial charge on any atom is -0.399 e. The fourth-order valence-electron chi connectivity index (χ4n) is 1.81. The first-order valence-corrected chi connectivity index (χ1v) is 7.97. The van der Waals surface area contributed by atoms with Crippen LogP contribution in [0.1, 0.15) is 25.3 Å². The van der Waals surface area contributed by atoms with Crippen LogP contribution in [0.3, 0.4) is 0 Å². The summed E-state index contributed by atoms with van der Waals surface area (Å²) in [6.45, 7) is 3.21. The molecule has 0 bridgehead atoms.